The number of benzene rings is 2. The molecule has 2 rings (SSSR count). The third-order valence-electron chi connectivity index (χ3n) is 3.68. The Hall–Kier alpha value is -3.10. The summed E-state index contributed by atoms with van der Waals surface area (Å²) >= 11 is 0. The Morgan fingerprint density at radius 2 is 1.86 bits per heavy atom. The number of hydrogen-bond acceptors (Lipinski definition) is 4. The minimum absolute atomic E-state index is 0.0716. The van der Waals surface area contributed by atoms with Crippen molar-refractivity contribution in [3.8, 4) is 17.2 Å². The van der Waals surface area contributed by atoms with E-state index in [1.165, 1.54) is 31.4 Å². The standard InChI is InChI=1S/C19H22F3N3O3/c1-3-23-18(25-12-14-10-15(27-2)8-9-16(14)26)24-11-13-6-4-5-7-17(13)28-19(20,21)22/h4-10,26H,3,11-12H2,1-2H3,(H2,23,24,25). The number of alkyl halides is 3. The topological polar surface area (TPSA) is 75.1 Å². The van der Waals surface area contributed by atoms with Crippen molar-refractivity contribution >= 4 is 5.96 Å². The average molecular weight is 397 g/mol. The number of halogens is 3. The van der Waals surface area contributed by atoms with Gasteiger partial charge in [-0.15, -0.1) is 13.2 Å². The predicted molar refractivity (Wildman–Crippen MR) is 99.4 cm³/mol. The van der Waals surface area contributed by atoms with Gasteiger partial charge in [0.25, 0.3) is 0 Å². The fourth-order valence-electron chi connectivity index (χ4n) is 2.37. The summed E-state index contributed by atoms with van der Waals surface area (Å²) < 4.78 is 46.8. The maximum Gasteiger partial charge on any atom is 0.573 e. The van der Waals surface area contributed by atoms with Gasteiger partial charge >= 0.3 is 6.36 Å². The maximum atomic E-state index is 12.5. The van der Waals surface area contributed by atoms with E-state index >= 15 is 0 Å². The quantitative estimate of drug-likeness (QED) is 0.492. The van der Waals surface area contributed by atoms with Gasteiger partial charge in [0.05, 0.1) is 13.7 Å². The lowest BCUT2D eigenvalue weighted by atomic mass is 10.2. The molecule has 0 radical (unpaired) electrons. The molecule has 0 amide bonds. The van der Waals surface area contributed by atoms with E-state index in [0.29, 0.717) is 29.4 Å². The van der Waals surface area contributed by atoms with Gasteiger partial charge in [-0.25, -0.2) is 4.99 Å². The second-order valence-electron chi connectivity index (χ2n) is 5.70. The summed E-state index contributed by atoms with van der Waals surface area (Å²) in [6.07, 6.45) is -4.77. The molecule has 0 saturated carbocycles. The molecule has 0 aliphatic heterocycles. The van der Waals surface area contributed by atoms with E-state index in [4.69, 9.17) is 4.74 Å². The van der Waals surface area contributed by atoms with Gasteiger partial charge in [-0.05, 0) is 31.2 Å². The minimum Gasteiger partial charge on any atom is -0.508 e. The zero-order chi connectivity index (χ0) is 20.6. The van der Waals surface area contributed by atoms with Crippen LogP contribution in [0.15, 0.2) is 47.5 Å². The van der Waals surface area contributed by atoms with Gasteiger partial charge in [0.15, 0.2) is 5.96 Å². The SMILES string of the molecule is CCNC(=NCc1cc(OC)ccc1O)NCc1ccccc1OC(F)(F)F. The first-order valence-corrected chi connectivity index (χ1v) is 8.54. The van der Waals surface area contributed by atoms with Crippen molar-refractivity contribution in [2.75, 3.05) is 13.7 Å². The summed E-state index contributed by atoms with van der Waals surface area (Å²) in [6.45, 7) is 2.64. The lowest BCUT2D eigenvalue weighted by molar-refractivity contribution is -0.274. The van der Waals surface area contributed by atoms with Gasteiger partial charge in [-0.3, -0.25) is 0 Å². The fraction of sp³-hybridized carbons (Fsp3) is 0.316. The van der Waals surface area contributed by atoms with Crippen molar-refractivity contribution < 1.29 is 27.8 Å². The van der Waals surface area contributed by atoms with E-state index in [9.17, 15) is 18.3 Å². The Kier molecular flexibility index (Phi) is 7.36. The lowest BCUT2D eigenvalue weighted by Crippen LogP contribution is -2.37. The number of methoxy groups -OCH3 is 1. The number of aliphatic imine (C=N–C) groups is 1. The monoisotopic (exact) mass is 397 g/mol. The van der Waals surface area contributed by atoms with E-state index < -0.39 is 6.36 Å². The summed E-state index contributed by atoms with van der Waals surface area (Å²) in [5, 5.41) is 15.9. The number of phenols is 1. The van der Waals surface area contributed by atoms with E-state index in [0.717, 1.165) is 0 Å². The third-order valence-corrected chi connectivity index (χ3v) is 3.68. The van der Waals surface area contributed by atoms with Crippen molar-refractivity contribution in [1.29, 1.82) is 0 Å². The van der Waals surface area contributed by atoms with Crippen molar-refractivity contribution in [3.05, 3.63) is 53.6 Å². The molecular weight excluding hydrogens is 375 g/mol. The molecule has 0 saturated heterocycles. The number of nitrogens with one attached hydrogen (secondary N) is 2. The van der Waals surface area contributed by atoms with Crippen LogP contribution < -0.4 is 20.1 Å². The molecule has 152 valence electrons. The van der Waals surface area contributed by atoms with Crippen molar-refractivity contribution in [2.24, 2.45) is 4.99 Å². The van der Waals surface area contributed by atoms with Crippen LogP contribution in [0.5, 0.6) is 17.2 Å². The molecule has 0 bridgehead atoms. The highest BCUT2D eigenvalue weighted by atomic mass is 19.4. The molecule has 0 aliphatic carbocycles. The zero-order valence-electron chi connectivity index (χ0n) is 15.5. The first-order chi connectivity index (χ1) is 13.3. The van der Waals surface area contributed by atoms with Crippen LogP contribution in [0.3, 0.4) is 0 Å². The largest absolute Gasteiger partial charge is 0.573 e. The molecule has 0 aliphatic rings. The molecule has 3 N–H and O–H groups in total. The molecule has 9 heteroatoms. The van der Waals surface area contributed by atoms with Crippen molar-refractivity contribution in [3.63, 3.8) is 0 Å². The zero-order valence-corrected chi connectivity index (χ0v) is 15.5. The molecule has 2 aromatic carbocycles. The van der Waals surface area contributed by atoms with Gasteiger partial charge in [-0.2, -0.15) is 0 Å². The molecule has 0 spiro atoms. The highest BCUT2D eigenvalue weighted by Gasteiger charge is 2.31. The predicted octanol–water partition coefficient (Wildman–Crippen LogP) is 3.55. The van der Waals surface area contributed by atoms with Crippen LogP contribution in [-0.2, 0) is 13.1 Å². The Morgan fingerprint density at radius 3 is 2.54 bits per heavy atom. The number of para-hydroxylation sites is 1. The number of hydrogen-bond donors (Lipinski definition) is 3. The Morgan fingerprint density at radius 1 is 1.11 bits per heavy atom. The number of rotatable bonds is 7. The number of guanidine groups is 1. The van der Waals surface area contributed by atoms with Gasteiger partial charge in [0.2, 0.25) is 0 Å². The molecule has 0 aromatic heterocycles. The van der Waals surface area contributed by atoms with E-state index in [2.05, 4.69) is 20.4 Å². The Labute approximate surface area is 161 Å². The highest BCUT2D eigenvalue weighted by molar-refractivity contribution is 5.79. The molecular formula is C19H22F3N3O3. The average Bonchev–Trinajstić information content (AvgIpc) is 2.65. The molecule has 0 unspecified atom stereocenters. The maximum absolute atomic E-state index is 12.5. The Balaban J connectivity index is 2.11. The molecule has 0 heterocycles. The van der Waals surface area contributed by atoms with Crippen LogP contribution in [0.1, 0.15) is 18.1 Å². The van der Waals surface area contributed by atoms with Gasteiger partial charge in [0.1, 0.15) is 17.2 Å². The van der Waals surface area contributed by atoms with Crippen LogP contribution in [0, 0.1) is 0 Å². The minimum atomic E-state index is -4.77. The second-order valence-corrected chi connectivity index (χ2v) is 5.70. The van der Waals surface area contributed by atoms with Crippen molar-refractivity contribution in [2.45, 2.75) is 26.4 Å². The summed E-state index contributed by atoms with van der Waals surface area (Å²) in [7, 11) is 1.52. The number of nitrogens with zero attached hydrogens (tertiary/aromatic N) is 1. The van der Waals surface area contributed by atoms with Crippen LogP contribution in [0.25, 0.3) is 0 Å². The van der Waals surface area contributed by atoms with Crippen LogP contribution in [0.4, 0.5) is 13.2 Å². The molecule has 2 aromatic rings. The van der Waals surface area contributed by atoms with Gasteiger partial charge in [0, 0.05) is 24.2 Å². The molecule has 6 nitrogen and oxygen atoms in total. The normalized spacial score (nSPS) is 11.8. The number of phenolic OH excluding ortho intramolecular Hbond substituents is 1. The number of aromatic hydroxyl groups is 1. The first kappa shape index (κ1) is 21.2. The van der Waals surface area contributed by atoms with E-state index in [1.54, 1.807) is 18.2 Å². The third kappa shape index (κ3) is 6.57. The van der Waals surface area contributed by atoms with Crippen LogP contribution >= 0.6 is 0 Å². The second kappa shape index (κ2) is 9.72. The summed E-state index contributed by atoms with van der Waals surface area (Å²) in [5.41, 5.74) is 0.881. The smallest absolute Gasteiger partial charge is 0.508 e. The summed E-state index contributed by atoms with van der Waals surface area (Å²) in [4.78, 5) is 4.36. The molecule has 0 fully saturated rings. The van der Waals surface area contributed by atoms with E-state index in [1.807, 2.05) is 6.92 Å². The van der Waals surface area contributed by atoms with Gasteiger partial charge in [-0.1, -0.05) is 18.2 Å². The van der Waals surface area contributed by atoms with E-state index in [-0.39, 0.29) is 24.6 Å². The summed E-state index contributed by atoms with van der Waals surface area (Å²) in [6, 6.07) is 10.7. The summed E-state index contributed by atoms with van der Waals surface area (Å²) in [5.74, 6) is 0.763. The number of ether oxygens (including phenoxy) is 2. The van der Waals surface area contributed by atoms with Gasteiger partial charge < -0.3 is 25.2 Å². The highest BCUT2D eigenvalue weighted by Crippen LogP contribution is 2.26. The van der Waals surface area contributed by atoms with Crippen LogP contribution in [-0.4, -0.2) is 31.1 Å². The van der Waals surface area contributed by atoms with Crippen molar-refractivity contribution in [1.82, 2.24) is 10.6 Å². The lowest BCUT2D eigenvalue weighted by Gasteiger charge is -2.15. The molecule has 0 atom stereocenters. The first-order valence-electron chi connectivity index (χ1n) is 8.54. The Bertz CT molecular complexity index is 810. The fourth-order valence-corrected chi connectivity index (χ4v) is 2.37. The van der Waals surface area contributed by atoms with Crippen LogP contribution in [0.2, 0.25) is 0 Å². The molecule has 28 heavy (non-hydrogen) atoms.